The van der Waals surface area contributed by atoms with Crippen molar-refractivity contribution in [1.82, 2.24) is 0 Å². The maximum absolute atomic E-state index is 9.04. The molecule has 30 heteroatoms. The predicted molar refractivity (Wildman–Crippen MR) is 249 cm³/mol. The molecule has 1 N–H and O–H groups in total. The van der Waals surface area contributed by atoms with Gasteiger partial charge >= 0.3 is 0 Å². The highest BCUT2D eigenvalue weighted by atomic mass is 33.5. The van der Waals surface area contributed by atoms with Crippen molar-refractivity contribution in [2.45, 2.75) is 0 Å². The number of phenolic OH excluding ortho intramolecular Hbond substituents is 1. The summed E-state index contributed by atoms with van der Waals surface area (Å²) in [5.74, 6) is 0.311. The average molecular weight is 1040 g/mol. The molecule has 1 aromatic carbocycles. The smallest absolute Gasteiger partial charge is 0.117 e. The second-order valence-electron chi connectivity index (χ2n) is 4.18. The molecule has 0 radical (unpaired) electrons. The summed E-state index contributed by atoms with van der Waals surface area (Å²) in [6, 6.07) is 7.15. The molecular weight excluding hydrogens is 1020 g/mol. The van der Waals surface area contributed by atoms with E-state index in [1.165, 1.54) is 17.8 Å². The number of hydrogen-bond donors (Lipinski definition) is 1. The van der Waals surface area contributed by atoms with Crippen molar-refractivity contribution in [2.24, 2.45) is 0 Å². The standard InChI is InChI=1S/C8H11NO.S28/c1-9(2)7-4-3-5-8(10)6-7;1-3-5-7-9-11-13-15-17-19-21-23-25-27-28-26-24-22-20-18-16-14-12-10-8-6-4-2/h3-6,10H,1-2H3;. The van der Waals surface area contributed by atoms with Crippen molar-refractivity contribution < 1.29 is 5.11 Å². The Morgan fingerprint density at radius 2 is 0.737 bits per heavy atom. The van der Waals surface area contributed by atoms with Gasteiger partial charge in [0.05, 0.1) is 0 Å². The minimum Gasteiger partial charge on any atom is -0.508 e. The van der Waals surface area contributed by atoms with Crippen LogP contribution in [0.3, 0.4) is 0 Å². The minimum absolute atomic E-state index is 0.311. The molecule has 1 rings (SSSR count). The zero-order valence-corrected chi connectivity index (χ0v) is 40.5. The monoisotopic (exact) mass is 1030 g/mol. The van der Waals surface area contributed by atoms with Crippen LogP contribution in [-0.2, 0) is 253 Å². The minimum atomic E-state index is 0.311. The molecule has 0 fully saturated rings. The summed E-state index contributed by atoms with van der Waals surface area (Å²) in [7, 11) is 49.3. The SMILES string of the molecule is CN(C)c1cccc(O)c1.S=S=S=S=S=S=S=S=S=S=S=S=S=S=S=S=S=S=S=S=S=S=S=S=S=S=S=S. The summed E-state index contributed by atoms with van der Waals surface area (Å²) < 4.78 is 0. The van der Waals surface area contributed by atoms with Crippen LogP contribution < -0.4 is 4.90 Å². The topological polar surface area (TPSA) is 23.5 Å². The van der Waals surface area contributed by atoms with E-state index in [0.717, 1.165) is 5.69 Å². The highest BCUT2D eigenvalue weighted by Gasteiger charge is 1.93. The van der Waals surface area contributed by atoms with Crippen LogP contribution in [0.4, 0.5) is 5.69 Å². The van der Waals surface area contributed by atoms with Crippen molar-refractivity contribution in [3.8, 4) is 5.75 Å². The molecule has 222 valence electrons. The Labute approximate surface area is 306 Å². The van der Waals surface area contributed by atoms with Crippen molar-refractivity contribution in [2.75, 3.05) is 19.0 Å². The first-order valence-corrected chi connectivity index (χ1v) is 43.7. The summed E-state index contributed by atoms with van der Waals surface area (Å²) >= 11 is 9.56. The second kappa shape index (κ2) is 36.4. The fourth-order valence-corrected chi connectivity index (χ4v) is 66.9. The molecule has 0 unspecified atom stereocenters. The number of aromatic hydroxyl groups is 1. The third-order valence-corrected chi connectivity index (χ3v) is 57.6. The summed E-state index contributed by atoms with van der Waals surface area (Å²) in [5.41, 5.74) is 1.01. The predicted octanol–water partition coefficient (Wildman–Crippen LogP) is 1.39. The van der Waals surface area contributed by atoms with E-state index in [4.69, 9.17) is 27.5 Å². The molecule has 0 atom stereocenters. The molecule has 0 spiro atoms. The first kappa shape index (κ1) is 43.0. The van der Waals surface area contributed by atoms with Crippen LogP contribution >= 0.6 is 0 Å². The van der Waals surface area contributed by atoms with E-state index in [9.17, 15) is 0 Å². The van der Waals surface area contributed by atoms with Crippen molar-refractivity contribution in [3.63, 3.8) is 0 Å². The molecule has 0 aliphatic carbocycles. The Morgan fingerprint density at radius 3 is 0.921 bits per heavy atom. The molecule has 38 heavy (non-hydrogen) atoms. The third-order valence-electron chi connectivity index (χ3n) is 2.04. The van der Waals surface area contributed by atoms with Gasteiger partial charge in [-0.25, -0.2) is 0 Å². The summed E-state index contributed by atoms with van der Waals surface area (Å²) in [5, 5.41) is 9.04. The van der Waals surface area contributed by atoms with Crippen LogP contribution in [0, 0.1) is 0 Å². The Balaban J connectivity index is 0.00000113. The number of benzene rings is 1. The normalized spacial score (nSPS) is 8.05. The average Bonchev–Trinajstić information content (AvgIpc) is 2.91. The summed E-state index contributed by atoms with van der Waals surface area (Å²) in [6.45, 7) is 0. The zero-order valence-electron chi connectivity index (χ0n) is 17.6. The number of nitrogens with zero attached hydrogens (tertiary/aromatic N) is 1. The molecule has 1 aromatic rings. The first-order chi connectivity index (χ1) is 18.6. The highest BCUT2D eigenvalue weighted by Crippen LogP contribution is 2.16. The van der Waals surface area contributed by atoms with Crippen LogP contribution in [0.2, 0.25) is 0 Å². The van der Waals surface area contributed by atoms with E-state index in [-0.39, 0.29) is 0 Å². The van der Waals surface area contributed by atoms with Gasteiger partial charge in [-0.3, -0.25) is 0 Å². The molecule has 0 saturated heterocycles. The number of phenols is 1. The van der Waals surface area contributed by atoms with Gasteiger partial charge in [0.25, 0.3) is 0 Å². The van der Waals surface area contributed by atoms with Gasteiger partial charge in [0.15, 0.2) is 0 Å². The maximum Gasteiger partial charge on any atom is 0.117 e. The van der Waals surface area contributed by atoms with E-state index in [2.05, 4.69) is 0 Å². The van der Waals surface area contributed by atoms with Crippen LogP contribution in [0.1, 0.15) is 0 Å². The summed E-state index contributed by atoms with van der Waals surface area (Å²) in [4.78, 5) is 1.94. The van der Waals surface area contributed by atoms with E-state index in [1.54, 1.807) is 136 Å². The summed E-state index contributed by atoms with van der Waals surface area (Å²) in [6.07, 6.45) is 0. The molecular formula is C8H11NOS28. The highest BCUT2D eigenvalue weighted by molar-refractivity contribution is 8.79. The number of anilines is 1. The second-order valence-corrected chi connectivity index (χ2v) is 50.2. The van der Waals surface area contributed by atoms with Crippen LogP contribution in [0.5, 0.6) is 5.75 Å². The van der Waals surface area contributed by atoms with E-state index >= 15 is 0 Å². The van der Waals surface area contributed by atoms with Gasteiger partial charge in [-0.15, -0.1) is 0 Å². The van der Waals surface area contributed by atoms with Gasteiger partial charge < -0.3 is 10.0 Å². The Hall–Kier alpha value is 4.98. The van der Waals surface area contributed by atoms with Crippen molar-refractivity contribution >= 4 is 259 Å². The van der Waals surface area contributed by atoms with Crippen LogP contribution in [-0.4, -0.2) is 19.2 Å². The van der Waals surface area contributed by atoms with E-state index < -0.39 is 0 Å². The largest absolute Gasteiger partial charge is 0.508 e. The molecule has 0 aliphatic heterocycles. The lowest BCUT2D eigenvalue weighted by Crippen LogP contribution is -2.07. The Morgan fingerprint density at radius 1 is 0.474 bits per heavy atom. The molecule has 0 heterocycles. The van der Waals surface area contributed by atoms with Crippen molar-refractivity contribution in [1.29, 1.82) is 0 Å². The fraction of sp³-hybridized carbons (Fsp3) is 0.250. The van der Waals surface area contributed by atoms with Gasteiger partial charge in [-0.2, -0.15) is 0 Å². The molecule has 2 nitrogen and oxygen atoms in total. The van der Waals surface area contributed by atoms with Gasteiger partial charge in [-0.05, 0) is 12.1 Å². The third kappa shape index (κ3) is 33.9. The van der Waals surface area contributed by atoms with Gasteiger partial charge in [0.2, 0.25) is 0 Å². The van der Waals surface area contributed by atoms with Crippen LogP contribution in [0.15, 0.2) is 24.3 Å². The fourth-order valence-electron chi connectivity index (χ4n) is 1.04. The molecule has 0 bridgehead atoms. The molecule has 0 saturated carbocycles. The zero-order chi connectivity index (χ0) is 27.9. The lowest BCUT2D eigenvalue weighted by molar-refractivity contribution is 0.475. The lowest BCUT2D eigenvalue weighted by atomic mass is 10.3. The molecule has 0 aromatic heterocycles. The maximum atomic E-state index is 9.04. The Kier molecular flexibility index (Phi) is 41.2. The molecule has 0 amide bonds. The number of hydrogen-bond acceptors (Lipinski definition) is 4. The van der Waals surface area contributed by atoms with Crippen LogP contribution in [0.25, 0.3) is 0 Å². The quantitative estimate of drug-likeness (QED) is 0.461. The van der Waals surface area contributed by atoms with E-state index in [0.29, 0.717) is 5.75 Å². The number of rotatable bonds is 1. The van der Waals surface area contributed by atoms with Gasteiger partial charge in [0, 0.05) is 279 Å². The lowest BCUT2D eigenvalue weighted by Gasteiger charge is -2.11. The molecule has 0 aliphatic rings. The first-order valence-electron chi connectivity index (χ1n) is 7.66. The Bertz CT molecular complexity index is 1950. The van der Waals surface area contributed by atoms with Crippen molar-refractivity contribution in [3.05, 3.63) is 24.3 Å². The van der Waals surface area contributed by atoms with Gasteiger partial charge in [0.1, 0.15) is 5.75 Å². The van der Waals surface area contributed by atoms with Gasteiger partial charge in [-0.1, -0.05) is 6.07 Å². The van der Waals surface area contributed by atoms with E-state index in [1.807, 2.05) is 120 Å².